The number of sulfone groups is 1. The smallest absolute Gasteiger partial charge is 0.241 e. The van der Waals surface area contributed by atoms with Gasteiger partial charge in [0.25, 0.3) is 0 Å². The summed E-state index contributed by atoms with van der Waals surface area (Å²) in [6, 6.07) is 5.50. The summed E-state index contributed by atoms with van der Waals surface area (Å²) in [5.41, 5.74) is 0.290. The third-order valence-corrected chi connectivity index (χ3v) is 6.66. The average Bonchev–Trinajstić information content (AvgIpc) is 2.37. The van der Waals surface area contributed by atoms with Crippen molar-refractivity contribution < 1.29 is 21.9 Å². The Kier molecular flexibility index (Phi) is 4.48. The average molecular weight is 319 g/mol. The van der Waals surface area contributed by atoms with E-state index in [0.717, 1.165) is 0 Å². The van der Waals surface area contributed by atoms with Crippen LogP contribution in [0.25, 0.3) is 0 Å². The van der Waals surface area contributed by atoms with E-state index >= 15 is 0 Å². The SMILES string of the molecule is O=S1(=O)CCCC(NS(=O)(=O)c2ccccc2CO)C1. The Morgan fingerprint density at radius 3 is 2.65 bits per heavy atom. The lowest BCUT2D eigenvalue weighted by atomic mass is 10.2. The molecule has 1 fully saturated rings. The van der Waals surface area contributed by atoms with E-state index in [9.17, 15) is 21.9 Å². The molecule has 1 aliphatic rings. The summed E-state index contributed by atoms with van der Waals surface area (Å²) in [5, 5.41) is 9.18. The maximum absolute atomic E-state index is 12.3. The van der Waals surface area contributed by atoms with Gasteiger partial charge in [-0.1, -0.05) is 18.2 Å². The van der Waals surface area contributed by atoms with Crippen molar-refractivity contribution in [2.75, 3.05) is 11.5 Å². The zero-order chi connectivity index (χ0) is 14.8. The number of hydrogen-bond donors (Lipinski definition) is 2. The molecule has 0 aromatic heterocycles. The summed E-state index contributed by atoms with van der Waals surface area (Å²) in [6.07, 6.45) is 0.955. The van der Waals surface area contributed by atoms with Crippen molar-refractivity contribution in [3.05, 3.63) is 29.8 Å². The van der Waals surface area contributed by atoms with Crippen LogP contribution in [0.4, 0.5) is 0 Å². The molecule has 0 saturated carbocycles. The Morgan fingerprint density at radius 2 is 2.00 bits per heavy atom. The molecule has 6 nitrogen and oxygen atoms in total. The van der Waals surface area contributed by atoms with Crippen LogP contribution < -0.4 is 4.72 Å². The lowest BCUT2D eigenvalue weighted by Gasteiger charge is -2.23. The van der Waals surface area contributed by atoms with Gasteiger partial charge in [0.2, 0.25) is 10.0 Å². The fraction of sp³-hybridized carbons (Fsp3) is 0.500. The molecule has 1 saturated heterocycles. The summed E-state index contributed by atoms with van der Waals surface area (Å²) in [5.74, 6) is -0.0635. The minimum atomic E-state index is -3.83. The van der Waals surface area contributed by atoms with Gasteiger partial charge in [-0.25, -0.2) is 21.6 Å². The largest absolute Gasteiger partial charge is 0.392 e. The van der Waals surface area contributed by atoms with Gasteiger partial charge >= 0.3 is 0 Å². The second-order valence-corrected chi connectivity index (χ2v) is 8.75. The molecular weight excluding hydrogens is 302 g/mol. The zero-order valence-electron chi connectivity index (χ0n) is 10.8. The molecule has 8 heteroatoms. The summed E-state index contributed by atoms with van der Waals surface area (Å²) in [6.45, 7) is -0.389. The molecule has 112 valence electrons. The normalized spacial score (nSPS) is 22.6. The summed E-state index contributed by atoms with van der Waals surface area (Å²) < 4.78 is 50.0. The Bertz CT molecular complexity index is 682. The van der Waals surface area contributed by atoms with E-state index < -0.39 is 25.9 Å². The fourth-order valence-electron chi connectivity index (χ4n) is 2.30. The van der Waals surface area contributed by atoms with Gasteiger partial charge < -0.3 is 5.11 Å². The first kappa shape index (κ1) is 15.4. The van der Waals surface area contributed by atoms with Crippen LogP contribution in [0.1, 0.15) is 18.4 Å². The monoisotopic (exact) mass is 319 g/mol. The van der Waals surface area contributed by atoms with Crippen LogP contribution in [0.15, 0.2) is 29.2 Å². The van der Waals surface area contributed by atoms with Crippen molar-refractivity contribution in [2.45, 2.75) is 30.4 Å². The highest BCUT2D eigenvalue weighted by molar-refractivity contribution is 7.91. The first-order valence-electron chi connectivity index (χ1n) is 6.25. The molecule has 0 bridgehead atoms. The van der Waals surface area contributed by atoms with Gasteiger partial charge in [0.15, 0.2) is 9.84 Å². The number of hydrogen-bond acceptors (Lipinski definition) is 5. The Hall–Kier alpha value is -0.960. The predicted octanol–water partition coefficient (Wildman–Crippen LogP) is 0.0344. The third kappa shape index (κ3) is 3.57. The minimum absolute atomic E-state index is 0.00882. The van der Waals surface area contributed by atoms with E-state index in [1.165, 1.54) is 12.1 Å². The molecule has 1 aromatic carbocycles. The Balaban J connectivity index is 2.23. The summed E-state index contributed by atoms with van der Waals surface area (Å²) in [7, 11) is -7.01. The molecule has 1 heterocycles. The molecule has 0 aliphatic carbocycles. The van der Waals surface area contributed by atoms with E-state index in [-0.39, 0.29) is 23.0 Å². The second-order valence-electron chi connectivity index (χ2n) is 4.84. The predicted molar refractivity (Wildman–Crippen MR) is 74.4 cm³/mol. The second kappa shape index (κ2) is 5.80. The molecule has 1 atom stereocenters. The molecule has 2 N–H and O–H groups in total. The third-order valence-electron chi connectivity index (χ3n) is 3.22. The molecule has 0 radical (unpaired) electrons. The van der Waals surface area contributed by atoms with Crippen LogP contribution in [0, 0.1) is 0 Å². The fourth-order valence-corrected chi connectivity index (χ4v) is 5.54. The van der Waals surface area contributed by atoms with Crippen LogP contribution in [0.3, 0.4) is 0 Å². The lowest BCUT2D eigenvalue weighted by molar-refractivity contribution is 0.278. The van der Waals surface area contributed by atoms with E-state index in [0.29, 0.717) is 18.4 Å². The van der Waals surface area contributed by atoms with Crippen molar-refractivity contribution in [3.63, 3.8) is 0 Å². The topological polar surface area (TPSA) is 101 Å². The number of sulfonamides is 1. The Labute approximate surface area is 118 Å². The standard InChI is InChI=1S/C12H17NO5S2/c14-8-10-4-1-2-6-12(10)20(17,18)13-11-5-3-7-19(15,16)9-11/h1-2,4,6,11,13-14H,3,5,7-9H2. The molecule has 1 aromatic rings. The zero-order valence-corrected chi connectivity index (χ0v) is 12.5. The van der Waals surface area contributed by atoms with Crippen LogP contribution in [-0.4, -0.2) is 39.5 Å². The van der Waals surface area contributed by atoms with E-state index in [2.05, 4.69) is 4.72 Å². The highest BCUT2D eigenvalue weighted by Crippen LogP contribution is 2.18. The van der Waals surface area contributed by atoms with Crippen molar-refractivity contribution in [3.8, 4) is 0 Å². The number of benzene rings is 1. The van der Waals surface area contributed by atoms with E-state index in [1.807, 2.05) is 0 Å². The summed E-state index contributed by atoms with van der Waals surface area (Å²) >= 11 is 0. The van der Waals surface area contributed by atoms with Crippen LogP contribution >= 0.6 is 0 Å². The number of rotatable bonds is 4. The first-order chi connectivity index (χ1) is 9.34. The molecule has 20 heavy (non-hydrogen) atoms. The quantitative estimate of drug-likeness (QED) is 0.816. The highest BCUT2D eigenvalue weighted by atomic mass is 32.2. The maximum Gasteiger partial charge on any atom is 0.241 e. The molecule has 2 rings (SSSR count). The van der Waals surface area contributed by atoms with Crippen LogP contribution in [0.2, 0.25) is 0 Å². The molecule has 0 amide bonds. The van der Waals surface area contributed by atoms with Crippen molar-refractivity contribution >= 4 is 19.9 Å². The lowest BCUT2D eigenvalue weighted by Crippen LogP contribution is -2.43. The van der Waals surface area contributed by atoms with Gasteiger partial charge in [-0.2, -0.15) is 0 Å². The van der Waals surface area contributed by atoms with Crippen molar-refractivity contribution in [1.82, 2.24) is 4.72 Å². The molecule has 1 unspecified atom stereocenters. The van der Waals surface area contributed by atoms with E-state index in [1.54, 1.807) is 12.1 Å². The van der Waals surface area contributed by atoms with Gasteiger partial charge in [-0.3, -0.25) is 0 Å². The molecule has 1 aliphatic heterocycles. The number of aliphatic hydroxyl groups is 1. The maximum atomic E-state index is 12.3. The van der Waals surface area contributed by atoms with Gasteiger partial charge in [0.1, 0.15) is 0 Å². The van der Waals surface area contributed by atoms with Gasteiger partial charge in [0.05, 0.1) is 23.0 Å². The summed E-state index contributed by atoms with van der Waals surface area (Å²) in [4.78, 5) is -0.00882. The van der Waals surface area contributed by atoms with Crippen LogP contribution in [0.5, 0.6) is 0 Å². The van der Waals surface area contributed by atoms with Gasteiger partial charge in [0, 0.05) is 6.04 Å². The molecule has 0 spiro atoms. The molecular formula is C12H17NO5S2. The first-order valence-corrected chi connectivity index (χ1v) is 9.56. The number of nitrogens with one attached hydrogen (secondary N) is 1. The Morgan fingerprint density at radius 1 is 1.30 bits per heavy atom. The van der Waals surface area contributed by atoms with Crippen molar-refractivity contribution in [1.29, 1.82) is 0 Å². The van der Waals surface area contributed by atoms with Crippen molar-refractivity contribution in [2.24, 2.45) is 0 Å². The van der Waals surface area contributed by atoms with Gasteiger partial charge in [-0.15, -0.1) is 0 Å². The number of aliphatic hydroxyl groups excluding tert-OH is 1. The highest BCUT2D eigenvalue weighted by Gasteiger charge is 2.29. The van der Waals surface area contributed by atoms with E-state index in [4.69, 9.17) is 0 Å². The van der Waals surface area contributed by atoms with Gasteiger partial charge in [-0.05, 0) is 24.5 Å². The van der Waals surface area contributed by atoms with Crippen LogP contribution in [-0.2, 0) is 26.5 Å². The minimum Gasteiger partial charge on any atom is -0.392 e.